The zero-order valence-corrected chi connectivity index (χ0v) is 14.6. The summed E-state index contributed by atoms with van der Waals surface area (Å²) < 4.78 is 5.76. The number of thioether (sulfide) groups is 1. The second kappa shape index (κ2) is 7.57. The highest BCUT2D eigenvalue weighted by Crippen LogP contribution is 2.35. The number of fused-ring (bicyclic) bond motifs is 1. The van der Waals surface area contributed by atoms with Crippen molar-refractivity contribution in [1.82, 2.24) is 5.32 Å². The first-order valence-electron chi connectivity index (χ1n) is 8.47. The molecule has 24 heavy (non-hydrogen) atoms. The predicted octanol–water partition coefficient (Wildman–Crippen LogP) is 2.94. The molecule has 130 valence electrons. The van der Waals surface area contributed by atoms with E-state index in [1.165, 1.54) is 11.8 Å². The Kier molecular flexibility index (Phi) is 5.46. The van der Waals surface area contributed by atoms with Gasteiger partial charge < -0.3 is 15.2 Å². The third-order valence-corrected chi connectivity index (χ3v) is 6.05. The summed E-state index contributed by atoms with van der Waals surface area (Å²) in [7, 11) is 0. The number of amides is 1. The second-order valence-electron chi connectivity index (χ2n) is 6.47. The number of aliphatic carboxylic acids is 1. The lowest BCUT2D eigenvalue weighted by Gasteiger charge is -2.33. The maximum absolute atomic E-state index is 12.8. The van der Waals surface area contributed by atoms with Gasteiger partial charge in [-0.05, 0) is 44.7 Å². The average molecular weight is 349 g/mol. The van der Waals surface area contributed by atoms with Crippen molar-refractivity contribution in [3.05, 3.63) is 29.8 Å². The third-order valence-electron chi connectivity index (χ3n) is 4.88. The lowest BCUT2D eigenvalue weighted by molar-refractivity contribution is -0.136. The molecule has 1 aromatic rings. The molecule has 2 aliphatic rings. The molecular formula is C18H23NO4S. The Hall–Kier alpha value is -1.53. The summed E-state index contributed by atoms with van der Waals surface area (Å²) in [6.45, 7) is 2.41. The fraction of sp³-hybridized carbons (Fsp3) is 0.556. The number of carboxylic acids is 1. The molecule has 1 aromatic carbocycles. The number of nitrogens with one attached hydrogen (secondary N) is 1. The molecule has 6 heteroatoms. The van der Waals surface area contributed by atoms with Crippen LogP contribution in [0.1, 0.15) is 43.0 Å². The summed E-state index contributed by atoms with van der Waals surface area (Å²) in [5.41, 5.74) is 0.552. The molecule has 1 heterocycles. The molecule has 3 rings (SSSR count). The summed E-state index contributed by atoms with van der Waals surface area (Å²) in [6.07, 6.45) is 4.41. The largest absolute Gasteiger partial charge is 0.480 e. The molecule has 1 aliphatic heterocycles. The first-order chi connectivity index (χ1) is 11.6. The maximum atomic E-state index is 12.8. The van der Waals surface area contributed by atoms with Crippen molar-refractivity contribution in [3.63, 3.8) is 0 Å². The molecule has 4 atom stereocenters. The van der Waals surface area contributed by atoms with Crippen LogP contribution in [0.2, 0.25) is 0 Å². The number of carbonyl (C=O) groups is 2. The molecule has 1 saturated heterocycles. The minimum Gasteiger partial charge on any atom is -0.480 e. The van der Waals surface area contributed by atoms with Gasteiger partial charge in [0.15, 0.2) is 0 Å². The van der Waals surface area contributed by atoms with Crippen LogP contribution in [-0.4, -0.2) is 41.0 Å². The number of ether oxygens (including phenoxy) is 1. The van der Waals surface area contributed by atoms with Crippen LogP contribution in [-0.2, 0) is 9.53 Å². The lowest BCUT2D eigenvalue weighted by atomic mass is 9.81. The minimum atomic E-state index is -0.881. The van der Waals surface area contributed by atoms with Gasteiger partial charge in [-0.1, -0.05) is 12.1 Å². The molecule has 0 radical (unpaired) electrons. The molecule has 2 N–H and O–H groups in total. The number of benzene rings is 1. The van der Waals surface area contributed by atoms with Gasteiger partial charge >= 0.3 is 5.97 Å². The zero-order valence-electron chi connectivity index (χ0n) is 13.7. The average Bonchev–Trinajstić information content (AvgIpc) is 3.05. The molecule has 5 nitrogen and oxygen atoms in total. The third kappa shape index (κ3) is 3.75. The van der Waals surface area contributed by atoms with Gasteiger partial charge in [0.25, 0.3) is 5.91 Å². The number of rotatable bonds is 5. The van der Waals surface area contributed by atoms with Gasteiger partial charge in [0.2, 0.25) is 0 Å². The smallest absolute Gasteiger partial charge is 0.316 e. The van der Waals surface area contributed by atoms with Crippen molar-refractivity contribution in [2.24, 2.45) is 5.92 Å². The van der Waals surface area contributed by atoms with Crippen molar-refractivity contribution >= 4 is 23.6 Å². The first kappa shape index (κ1) is 17.3. The minimum absolute atomic E-state index is 0.117. The van der Waals surface area contributed by atoms with E-state index in [0.29, 0.717) is 16.4 Å². The van der Waals surface area contributed by atoms with Crippen LogP contribution >= 0.6 is 11.8 Å². The van der Waals surface area contributed by atoms with Crippen LogP contribution in [0.5, 0.6) is 0 Å². The molecule has 0 aromatic heterocycles. The highest BCUT2D eigenvalue weighted by Gasteiger charge is 2.38. The van der Waals surface area contributed by atoms with Crippen LogP contribution in [0.4, 0.5) is 0 Å². The summed E-state index contributed by atoms with van der Waals surface area (Å²) >= 11 is 1.20. The number of carbonyl (C=O) groups excluding carboxylic acids is 1. The van der Waals surface area contributed by atoms with Gasteiger partial charge in [-0.2, -0.15) is 0 Å². The van der Waals surface area contributed by atoms with E-state index in [-0.39, 0.29) is 18.1 Å². The summed E-state index contributed by atoms with van der Waals surface area (Å²) in [5, 5.41) is 11.7. The Morgan fingerprint density at radius 3 is 2.88 bits per heavy atom. The Morgan fingerprint density at radius 2 is 2.08 bits per heavy atom. The van der Waals surface area contributed by atoms with E-state index in [9.17, 15) is 9.59 Å². The summed E-state index contributed by atoms with van der Waals surface area (Å²) in [6, 6.07) is 7.36. The fourth-order valence-electron chi connectivity index (χ4n) is 3.60. The van der Waals surface area contributed by atoms with Crippen LogP contribution in [0, 0.1) is 5.92 Å². The van der Waals surface area contributed by atoms with Gasteiger partial charge in [-0.3, -0.25) is 9.59 Å². The monoisotopic (exact) mass is 349 g/mol. The Labute approximate surface area is 146 Å². The van der Waals surface area contributed by atoms with Crippen LogP contribution in [0.3, 0.4) is 0 Å². The summed E-state index contributed by atoms with van der Waals surface area (Å²) in [4.78, 5) is 24.6. The standard InChI is InChI=1S/C18H23NO4S/c1-11(18(21)22)24-16-8-3-2-5-13(16)17(20)19-14-6-4-7-15-12(14)9-10-23-15/h2-3,5,8,11-12,14-15H,4,6-7,9-10H2,1H3,(H,19,20)(H,21,22). The predicted molar refractivity (Wildman–Crippen MR) is 92.3 cm³/mol. The molecule has 1 aliphatic carbocycles. The fourth-order valence-corrected chi connectivity index (χ4v) is 4.53. The molecule has 0 spiro atoms. The van der Waals surface area contributed by atoms with Crippen molar-refractivity contribution in [2.45, 2.75) is 54.9 Å². The van der Waals surface area contributed by atoms with E-state index >= 15 is 0 Å². The Bertz CT molecular complexity index is 621. The highest BCUT2D eigenvalue weighted by atomic mass is 32.2. The van der Waals surface area contributed by atoms with Crippen LogP contribution < -0.4 is 5.32 Å². The quantitative estimate of drug-likeness (QED) is 0.800. The van der Waals surface area contributed by atoms with E-state index in [2.05, 4.69) is 5.32 Å². The Balaban J connectivity index is 1.72. The maximum Gasteiger partial charge on any atom is 0.316 e. The van der Waals surface area contributed by atoms with E-state index in [1.807, 2.05) is 12.1 Å². The first-order valence-corrected chi connectivity index (χ1v) is 9.35. The van der Waals surface area contributed by atoms with Gasteiger partial charge in [0, 0.05) is 23.5 Å². The van der Waals surface area contributed by atoms with Gasteiger partial charge in [-0.25, -0.2) is 0 Å². The van der Waals surface area contributed by atoms with Crippen molar-refractivity contribution in [3.8, 4) is 0 Å². The Morgan fingerprint density at radius 1 is 1.29 bits per heavy atom. The van der Waals surface area contributed by atoms with E-state index < -0.39 is 11.2 Å². The van der Waals surface area contributed by atoms with Crippen LogP contribution in [0.15, 0.2) is 29.2 Å². The number of hydrogen-bond acceptors (Lipinski definition) is 4. The highest BCUT2D eigenvalue weighted by molar-refractivity contribution is 8.00. The molecule has 1 amide bonds. The van der Waals surface area contributed by atoms with Crippen molar-refractivity contribution in [1.29, 1.82) is 0 Å². The summed E-state index contributed by atoms with van der Waals surface area (Å²) in [5.74, 6) is -0.595. The zero-order chi connectivity index (χ0) is 17.1. The topological polar surface area (TPSA) is 75.6 Å². The van der Waals surface area contributed by atoms with E-state index in [0.717, 1.165) is 32.3 Å². The SMILES string of the molecule is CC(Sc1ccccc1C(=O)NC1CCCC2OCCC12)C(=O)O. The molecule has 2 fully saturated rings. The molecule has 0 bridgehead atoms. The molecular weight excluding hydrogens is 326 g/mol. The van der Waals surface area contributed by atoms with E-state index in [1.54, 1.807) is 19.1 Å². The second-order valence-corrected chi connectivity index (χ2v) is 7.85. The molecule has 1 saturated carbocycles. The van der Waals surface area contributed by atoms with E-state index in [4.69, 9.17) is 9.84 Å². The number of hydrogen-bond donors (Lipinski definition) is 2. The normalized spacial score (nSPS) is 27.3. The van der Waals surface area contributed by atoms with Crippen molar-refractivity contribution < 1.29 is 19.4 Å². The van der Waals surface area contributed by atoms with Gasteiger partial charge in [0.05, 0.1) is 11.7 Å². The van der Waals surface area contributed by atoms with Crippen molar-refractivity contribution in [2.75, 3.05) is 6.61 Å². The van der Waals surface area contributed by atoms with Gasteiger partial charge in [-0.15, -0.1) is 11.8 Å². The van der Waals surface area contributed by atoms with Gasteiger partial charge in [0.1, 0.15) is 5.25 Å². The molecule has 4 unspecified atom stereocenters. The lowest BCUT2D eigenvalue weighted by Crippen LogP contribution is -2.45. The number of carboxylic acid groups (broad SMARTS) is 1. The van der Waals surface area contributed by atoms with Crippen LogP contribution in [0.25, 0.3) is 0 Å².